The third-order valence-corrected chi connectivity index (χ3v) is 4.48. The summed E-state index contributed by atoms with van der Waals surface area (Å²) in [5, 5.41) is 2.45. The summed E-state index contributed by atoms with van der Waals surface area (Å²) in [4.78, 5) is 59.1. The van der Waals surface area contributed by atoms with Crippen molar-refractivity contribution in [2.24, 2.45) is 0 Å². The molecule has 0 unspecified atom stereocenters. The molecule has 1 aliphatic heterocycles. The molecule has 5 atom stereocenters. The molecule has 0 bridgehead atoms. The van der Waals surface area contributed by atoms with E-state index in [1.54, 1.807) is 30.3 Å². The van der Waals surface area contributed by atoms with E-state index in [1.165, 1.54) is 0 Å². The summed E-state index contributed by atoms with van der Waals surface area (Å²) in [6.07, 6.45) is -6.29. The zero-order valence-electron chi connectivity index (χ0n) is 19.2. The standard InChI is InChI=1S/C22H27NO11/c1-12(24)29-11-17-19(31-13(2)25)20(32-14(3)26)18(21(34-17)33-15(4)27)23-22(28)30-10-16-8-6-5-7-9-16/h5-9,17-21H,10-11H2,1-4H3,(H,23,28)/t17-,18-,19-,20+,21+/m1/s1. The lowest BCUT2D eigenvalue weighted by molar-refractivity contribution is -0.270. The lowest BCUT2D eigenvalue weighted by atomic mass is 9.96. The van der Waals surface area contributed by atoms with Crippen LogP contribution in [0, 0.1) is 0 Å². The number of alkyl carbamates (subject to hydrolysis) is 1. The van der Waals surface area contributed by atoms with Gasteiger partial charge in [-0.3, -0.25) is 19.2 Å². The molecule has 0 saturated carbocycles. The van der Waals surface area contributed by atoms with Crippen molar-refractivity contribution in [1.29, 1.82) is 0 Å². The number of esters is 4. The molecule has 1 fully saturated rings. The highest BCUT2D eigenvalue weighted by Gasteiger charge is 2.52. The van der Waals surface area contributed by atoms with Crippen LogP contribution in [0.1, 0.15) is 33.3 Å². The maximum atomic E-state index is 12.5. The van der Waals surface area contributed by atoms with Gasteiger partial charge in [0.25, 0.3) is 0 Å². The van der Waals surface area contributed by atoms with Crippen molar-refractivity contribution in [2.75, 3.05) is 6.61 Å². The topological polar surface area (TPSA) is 153 Å². The average Bonchev–Trinajstić information content (AvgIpc) is 2.74. The van der Waals surface area contributed by atoms with E-state index in [-0.39, 0.29) is 6.61 Å². The van der Waals surface area contributed by atoms with Gasteiger partial charge in [-0.2, -0.15) is 0 Å². The van der Waals surface area contributed by atoms with Gasteiger partial charge in [0.15, 0.2) is 12.2 Å². The van der Waals surface area contributed by atoms with Crippen molar-refractivity contribution >= 4 is 30.0 Å². The van der Waals surface area contributed by atoms with Crippen LogP contribution in [0.5, 0.6) is 0 Å². The Morgan fingerprint density at radius 3 is 1.94 bits per heavy atom. The zero-order valence-corrected chi connectivity index (χ0v) is 19.2. The van der Waals surface area contributed by atoms with Crippen LogP contribution in [0.25, 0.3) is 0 Å². The fourth-order valence-corrected chi connectivity index (χ4v) is 3.22. The van der Waals surface area contributed by atoms with Gasteiger partial charge in [-0.15, -0.1) is 0 Å². The Morgan fingerprint density at radius 2 is 1.38 bits per heavy atom. The summed E-state index contributed by atoms with van der Waals surface area (Å²) in [5.74, 6) is -2.95. The number of amides is 1. The predicted octanol–water partition coefficient (Wildman–Crippen LogP) is 0.996. The van der Waals surface area contributed by atoms with Crippen LogP contribution in [0.15, 0.2) is 30.3 Å². The summed E-state index contributed by atoms with van der Waals surface area (Å²) >= 11 is 0. The molecule has 1 aromatic carbocycles. The van der Waals surface area contributed by atoms with Crippen molar-refractivity contribution in [3.63, 3.8) is 0 Å². The molecule has 34 heavy (non-hydrogen) atoms. The van der Waals surface area contributed by atoms with Crippen LogP contribution in [0.2, 0.25) is 0 Å². The van der Waals surface area contributed by atoms with Gasteiger partial charge in [0.2, 0.25) is 6.29 Å². The minimum atomic E-state index is -1.49. The summed E-state index contributed by atoms with van der Waals surface area (Å²) in [6, 6.07) is 7.51. The van der Waals surface area contributed by atoms with Crippen LogP contribution in [0.4, 0.5) is 4.79 Å². The molecule has 2 rings (SSSR count). The summed E-state index contributed by atoms with van der Waals surface area (Å²) in [6.45, 7) is 4.00. The molecule has 12 heteroatoms. The molecule has 0 spiro atoms. The quantitative estimate of drug-likeness (QED) is 0.418. The van der Waals surface area contributed by atoms with Crippen molar-refractivity contribution in [3.05, 3.63) is 35.9 Å². The van der Waals surface area contributed by atoms with E-state index in [4.69, 9.17) is 28.4 Å². The summed E-state index contributed by atoms with van der Waals surface area (Å²) in [5.41, 5.74) is 0.713. The highest BCUT2D eigenvalue weighted by Crippen LogP contribution is 2.28. The number of nitrogens with one attached hydrogen (secondary N) is 1. The molecule has 1 amide bonds. The zero-order chi connectivity index (χ0) is 25.3. The van der Waals surface area contributed by atoms with Crippen molar-refractivity contribution in [2.45, 2.75) is 64.9 Å². The smallest absolute Gasteiger partial charge is 0.408 e. The van der Waals surface area contributed by atoms with E-state index in [0.717, 1.165) is 27.7 Å². The third kappa shape index (κ3) is 8.35. The summed E-state index contributed by atoms with van der Waals surface area (Å²) in [7, 11) is 0. The van der Waals surface area contributed by atoms with Crippen LogP contribution in [0.3, 0.4) is 0 Å². The Kier molecular flexibility index (Phi) is 9.80. The number of hydrogen-bond acceptors (Lipinski definition) is 11. The SMILES string of the molecule is CC(=O)OC[C@H]1O[C@H](OC(C)=O)[C@H](NC(=O)OCc2ccccc2)[C@H](OC(C)=O)[C@@H]1OC(C)=O. The maximum Gasteiger partial charge on any atom is 0.408 e. The molecular weight excluding hydrogens is 454 g/mol. The van der Waals surface area contributed by atoms with Crippen molar-refractivity contribution < 1.29 is 52.4 Å². The predicted molar refractivity (Wildman–Crippen MR) is 112 cm³/mol. The lowest BCUT2D eigenvalue weighted by Gasteiger charge is -2.44. The van der Waals surface area contributed by atoms with Crippen molar-refractivity contribution in [3.8, 4) is 0 Å². The fourth-order valence-electron chi connectivity index (χ4n) is 3.22. The normalized spacial score (nSPS) is 23.7. The molecule has 12 nitrogen and oxygen atoms in total. The van der Waals surface area contributed by atoms with Gasteiger partial charge in [0.05, 0.1) is 0 Å². The first-order chi connectivity index (χ1) is 16.1. The third-order valence-electron chi connectivity index (χ3n) is 4.48. The number of carbonyl (C=O) groups is 5. The largest absolute Gasteiger partial charge is 0.463 e. The molecule has 0 radical (unpaired) electrons. The van der Waals surface area contributed by atoms with Gasteiger partial charge in [0, 0.05) is 27.7 Å². The van der Waals surface area contributed by atoms with Gasteiger partial charge in [-0.25, -0.2) is 4.79 Å². The van der Waals surface area contributed by atoms with E-state index in [9.17, 15) is 24.0 Å². The van der Waals surface area contributed by atoms with Crippen LogP contribution < -0.4 is 5.32 Å². The van der Waals surface area contributed by atoms with Gasteiger partial charge in [-0.1, -0.05) is 30.3 Å². The fraction of sp³-hybridized carbons (Fsp3) is 0.500. The first-order valence-electron chi connectivity index (χ1n) is 10.3. The molecule has 1 aliphatic rings. The second-order valence-corrected chi connectivity index (χ2v) is 7.33. The monoisotopic (exact) mass is 481 g/mol. The van der Waals surface area contributed by atoms with Crippen LogP contribution >= 0.6 is 0 Å². The number of carbonyl (C=O) groups excluding carboxylic acids is 5. The van der Waals surface area contributed by atoms with Gasteiger partial charge < -0.3 is 33.7 Å². The van der Waals surface area contributed by atoms with Crippen molar-refractivity contribution in [1.82, 2.24) is 5.32 Å². The average molecular weight is 481 g/mol. The Hall–Kier alpha value is -3.67. The van der Waals surface area contributed by atoms with E-state index in [2.05, 4.69) is 5.32 Å². The number of ether oxygens (including phenoxy) is 6. The highest BCUT2D eigenvalue weighted by atomic mass is 16.7. The molecule has 0 aliphatic carbocycles. The first-order valence-corrected chi connectivity index (χ1v) is 10.3. The van der Waals surface area contributed by atoms with E-state index in [0.29, 0.717) is 5.56 Å². The second-order valence-electron chi connectivity index (χ2n) is 7.33. The minimum absolute atomic E-state index is 0.0703. The Morgan fingerprint density at radius 1 is 0.794 bits per heavy atom. The van der Waals surface area contributed by atoms with Crippen LogP contribution in [-0.4, -0.2) is 67.2 Å². The van der Waals surface area contributed by atoms with Gasteiger partial charge in [0.1, 0.15) is 25.4 Å². The Bertz CT molecular complexity index is 888. The molecule has 0 aromatic heterocycles. The highest BCUT2D eigenvalue weighted by molar-refractivity contribution is 5.70. The van der Waals surface area contributed by atoms with E-state index >= 15 is 0 Å². The van der Waals surface area contributed by atoms with E-state index < -0.39 is 67.2 Å². The maximum absolute atomic E-state index is 12.5. The molecule has 1 saturated heterocycles. The lowest BCUT2D eigenvalue weighted by Crippen LogP contribution is -2.67. The molecule has 1 heterocycles. The molecular formula is C22H27NO11. The molecule has 1 aromatic rings. The minimum Gasteiger partial charge on any atom is -0.463 e. The Labute approximate surface area is 195 Å². The first kappa shape index (κ1) is 26.6. The number of rotatable bonds is 8. The van der Waals surface area contributed by atoms with Crippen LogP contribution in [-0.2, 0) is 54.2 Å². The van der Waals surface area contributed by atoms with E-state index in [1.807, 2.05) is 0 Å². The number of hydrogen-bond donors (Lipinski definition) is 1. The van der Waals surface area contributed by atoms with Gasteiger partial charge in [-0.05, 0) is 5.56 Å². The van der Waals surface area contributed by atoms with Gasteiger partial charge >= 0.3 is 30.0 Å². The second kappa shape index (κ2) is 12.5. The Balaban J connectivity index is 2.30. The molecule has 1 N–H and O–H groups in total. The summed E-state index contributed by atoms with van der Waals surface area (Å²) < 4.78 is 31.6. The molecule has 186 valence electrons. The number of benzene rings is 1.